The number of amidine groups is 1. The van der Waals surface area contributed by atoms with Gasteiger partial charge in [0.1, 0.15) is 5.75 Å². The summed E-state index contributed by atoms with van der Waals surface area (Å²) in [7, 11) is -1.66. The molecular weight excluding hydrogens is 430 g/mol. The fourth-order valence-electron chi connectivity index (χ4n) is 3.53. The number of sulfone groups is 1. The average Bonchev–Trinajstić information content (AvgIpc) is 3.18. The number of nitrogens with zero attached hydrogens (tertiary/aromatic N) is 3. The SMILES string of the molecule is COc1cccc(N2C(=NC(=O)c3cccc([N+](=O)[O-])c3)S[C@@H]3CS(=O)(=O)C[C@H]32)c1. The van der Waals surface area contributed by atoms with Crippen LogP contribution in [0.1, 0.15) is 10.4 Å². The maximum atomic E-state index is 12.7. The molecule has 0 saturated carbocycles. The number of carbonyl (C=O) groups excluding carboxylic acids is 1. The number of rotatable bonds is 4. The third kappa shape index (κ3) is 3.90. The Morgan fingerprint density at radius 1 is 1.23 bits per heavy atom. The number of fused-ring (bicyclic) bond motifs is 1. The number of anilines is 1. The van der Waals surface area contributed by atoms with Crippen molar-refractivity contribution < 1.29 is 22.9 Å². The predicted octanol–water partition coefficient (Wildman–Crippen LogP) is 2.52. The molecule has 2 aliphatic rings. The van der Waals surface area contributed by atoms with E-state index < -0.39 is 20.7 Å². The second-order valence-electron chi connectivity index (χ2n) is 6.88. The summed E-state index contributed by atoms with van der Waals surface area (Å²) in [4.78, 5) is 29.1. The maximum Gasteiger partial charge on any atom is 0.279 e. The first-order valence-corrected chi connectivity index (χ1v) is 11.7. The van der Waals surface area contributed by atoms with Crippen molar-refractivity contribution in [3.63, 3.8) is 0 Å². The maximum absolute atomic E-state index is 12.7. The number of amides is 1. The molecule has 0 unspecified atom stereocenters. The molecule has 1 amide bonds. The highest BCUT2D eigenvalue weighted by molar-refractivity contribution is 8.16. The molecule has 0 spiro atoms. The summed E-state index contributed by atoms with van der Waals surface area (Å²) in [6.07, 6.45) is 0. The largest absolute Gasteiger partial charge is 0.497 e. The van der Waals surface area contributed by atoms with Crippen LogP contribution in [0.5, 0.6) is 5.75 Å². The van der Waals surface area contributed by atoms with E-state index in [1.165, 1.54) is 43.1 Å². The predicted molar refractivity (Wildman–Crippen MR) is 114 cm³/mol. The van der Waals surface area contributed by atoms with Gasteiger partial charge in [-0.1, -0.05) is 23.9 Å². The van der Waals surface area contributed by atoms with E-state index in [-0.39, 0.29) is 34.0 Å². The molecule has 2 atom stereocenters. The van der Waals surface area contributed by atoms with E-state index in [2.05, 4.69) is 4.99 Å². The fourth-order valence-corrected chi connectivity index (χ4v) is 7.44. The number of nitro groups is 1. The van der Waals surface area contributed by atoms with Crippen molar-refractivity contribution in [1.29, 1.82) is 0 Å². The van der Waals surface area contributed by atoms with Crippen LogP contribution in [0.2, 0.25) is 0 Å². The van der Waals surface area contributed by atoms with E-state index in [1.807, 2.05) is 0 Å². The molecule has 30 heavy (non-hydrogen) atoms. The minimum atomic E-state index is -3.19. The first-order valence-electron chi connectivity index (χ1n) is 8.95. The standard InChI is InChI=1S/C19H17N3O6S2/c1-28-15-7-3-5-13(9-15)21-16-10-30(26,27)11-17(16)29-19(21)20-18(23)12-4-2-6-14(8-12)22(24)25/h2-9,16-17H,10-11H2,1H3/t16-,17-/m1/s1. The second-order valence-corrected chi connectivity index (χ2v) is 10.2. The number of methoxy groups -OCH3 is 1. The molecule has 2 aliphatic heterocycles. The van der Waals surface area contributed by atoms with Gasteiger partial charge in [-0.25, -0.2) is 8.42 Å². The van der Waals surface area contributed by atoms with Crippen molar-refractivity contribution in [3.05, 3.63) is 64.2 Å². The number of nitro benzene ring substituents is 1. The summed E-state index contributed by atoms with van der Waals surface area (Å²) in [5.41, 5.74) is 0.553. The number of hydrogen-bond donors (Lipinski definition) is 0. The van der Waals surface area contributed by atoms with Gasteiger partial charge in [0.2, 0.25) is 0 Å². The zero-order valence-corrected chi connectivity index (χ0v) is 17.4. The molecular formula is C19H17N3O6S2. The van der Waals surface area contributed by atoms with Crippen molar-refractivity contribution >= 4 is 44.0 Å². The monoisotopic (exact) mass is 447 g/mol. The molecule has 2 fully saturated rings. The third-order valence-electron chi connectivity index (χ3n) is 4.90. The Morgan fingerprint density at radius 3 is 2.73 bits per heavy atom. The first-order chi connectivity index (χ1) is 14.3. The normalized spacial score (nSPS) is 23.4. The highest BCUT2D eigenvalue weighted by Crippen LogP contribution is 2.41. The quantitative estimate of drug-likeness (QED) is 0.518. The van der Waals surface area contributed by atoms with E-state index in [1.54, 1.807) is 29.2 Å². The Morgan fingerprint density at radius 2 is 2.00 bits per heavy atom. The van der Waals surface area contributed by atoms with Gasteiger partial charge in [-0.2, -0.15) is 4.99 Å². The molecule has 11 heteroatoms. The second kappa shape index (κ2) is 7.73. The summed E-state index contributed by atoms with van der Waals surface area (Å²) >= 11 is 1.23. The van der Waals surface area contributed by atoms with Crippen LogP contribution in [-0.4, -0.2) is 54.3 Å². The minimum absolute atomic E-state index is 0.00677. The molecule has 2 aromatic rings. The van der Waals surface area contributed by atoms with E-state index >= 15 is 0 Å². The number of carbonyl (C=O) groups is 1. The molecule has 156 valence electrons. The van der Waals surface area contributed by atoms with Crippen LogP contribution in [0, 0.1) is 10.1 Å². The van der Waals surface area contributed by atoms with Crippen molar-refractivity contribution in [1.82, 2.24) is 0 Å². The molecule has 0 radical (unpaired) electrons. The third-order valence-corrected chi connectivity index (χ3v) is 8.11. The van der Waals surface area contributed by atoms with Gasteiger partial charge >= 0.3 is 0 Å². The van der Waals surface area contributed by atoms with Crippen LogP contribution >= 0.6 is 11.8 Å². The van der Waals surface area contributed by atoms with Crippen LogP contribution in [0.15, 0.2) is 53.5 Å². The zero-order valence-electron chi connectivity index (χ0n) is 15.8. The lowest BCUT2D eigenvalue weighted by Crippen LogP contribution is -2.37. The van der Waals surface area contributed by atoms with E-state index in [0.717, 1.165) is 0 Å². The Kier molecular flexibility index (Phi) is 5.24. The number of benzene rings is 2. The van der Waals surface area contributed by atoms with Gasteiger partial charge in [0.05, 0.1) is 29.6 Å². The Bertz CT molecular complexity index is 1160. The number of ether oxygens (including phenoxy) is 1. The van der Waals surface area contributed by atoms with Gasteiger partial charge < -0.3 is 9.64 Å². The van der Waals surface area contributed by atoms with Gasteiger partial charge in [0, 0.05) is 34.7 Å². The van der Waals surface area contributed by atoms with Crippen LogP contribution in [-0.2, 0) is 9.84 Å². The summed E-state index contributed by atoms with van der Waals surface area (Å²) in [6, 6.07) is 12.1. The molecule has 2 heterocycles. The van der Waals surface area contributed by atoms with Gasteiger partial charge in [-0.05, 0) is 18.2 Å². The van der Waals surface area contributed by atoms with Gasteiger partial charge in [0.25, 0.3) is 11.6 Å². The molecule has 0 bridgehead atoms. The van der Waals surface area contributed by atoms with Gasteiger partial charge in [-0.3, -0.25) is 14.9 Å². The van der Waals surface area contributed by atoms with Crippen molar-refractivity contribution in [3.8, 4) is 5.75 Å². The molecule has 0 N–H and O–H groups in total. The number of non-ortho nitro benzene ring substituents is 1. The molecule has 2 saturated heterocycles. The van der Waals surface area contributed by atoms with Crippen molar-refractivity contribution in [2.75, 3.05) is 23.5 Å². The van der Waals surface area contributed by atoms with Crippen LogP contribution < -0.4 is 9.64 Å². The minimum Gasteiger partial charge on any atom is -0.497 e. The van der Waals surface area contributed by atoms with Gasteiger partial charge in [0.15, 0.2) is 15.0 Å². The number of thioether (sulfide) groups is 1. The van der Waals surface area contributed by atoms with E-state index in [9.17, 15) is 23.3 Å². The smallest absolute Gasteiger partial charge is 0.279 e. The van der Waals surface area contributed by atoms with Crippen molar-refractivity contribution in [2.24, 2.45) is 4.99 Å². The summed E-state index contributed by atoms with van der Waals surface area (Å²) in [5, 5.41) is 11.1. The lowest BCUT2D eigenvalue weighted by atomic mass is 10.2. The van der Waals surface area contributed by atoms with Gasteiger partial charge in [-0.15, -0.1) is 0 Å². The van der Waals surface area contributed by atoms with Crippen LogP contribution in [0.3, 0.4) is 0 Å². The Hall–Kier alpha value is -2.92. The molecule has 0 aliphatic carbocycles. The lowest BCUT2D eigenvalue weighted by Gasteiger charge is -2.24. The average molecular weight is 447 g/mol. The van der Waals surface area contributed by atoms with E-state index in [4.69, 9.17) is 4.74 Å². The van der Waals surface area contributed by atoms with Crippen LogP contribution in [0.25, 0.3) is 0 Å². The first kappa shape index (κ1) is 20.4. The molecule has 2 aromatic carbocycles. The van der Waals surface area contributed by atoms with Crippen molar-refractivity contribution in [2.45, 2.75) is 11.3 Å². The summed E-state index contributed by atoms with van der Waals surface area (Å²) < 4.78 is 29.6. The molecule has 4 rings (SSSR count). The molecule has 9 nitrogen and oxygen atoms in total. The highest BCUT2D eigenvalue weighted by atomic mass is 32.2. The molecule has 0 aromatic heterocycles. The zero-order chi connectivity index (χ0) is 21.5. The Labute approximate surface area is 176 Å². The summed E-state index contributed by atoms with van der Waals surface area (Å²) in [6.45, 7) is 0. The highest BCUT2D eigenvalue weighted by Gasteiger charge is 2.49. The van der Waals surface area contributed by atoms with Crippen LogP contribution in [0.4, 0.5) is 11.4 Å². The van der Waals surface area contributed by atoms with E-state index in [0.29, 0.717) is 16.6 Å². The number of aliphatic imine (C=N–C) groups is 1. The fraction of sp³-hybridized carbons (Fsp3) is 0.263. The lowest BCUT2D eigenvalue weighted by molar-refractivity contribution is -0.384. The Balaban J connectivity index is 1.73. The summed E-state index contributed by atoms with van der Waals surface area (Å²) in [5.74, 6) is -0.0679. The number of hydrogen-bond acceptors (Lipinski definition) is 7. The topological polar surface area (TPSA) is 119 Å².